The van der Waals surface area contributed by atoms with Gasteiger partial charge in [-0.2, -0.15) is 0 Å². The molecule has 9 nitrogen and oxygen atoms in total. The lowest BCUT2D eigenvalue weighted by Gasteiger charge is -2.19. The van der Waals surface area contributed by atoms with E-state index in [-0.39, 0.29) is 38.6 Å². The minimum absolute atomic E-state index is 0.0352. The second-order valence-corrected chi connectivity index (χ2v) is 10.3. The van der Waals surface area contributed by atoms with Crippen molar-refractivity contribution >= 4 is 51.3 Å². The number of carbonyl (C=O) groups is 3. The van der Waals surface area contributed by atoms with Crippen molar-refractivity contribution in [1.29, 1.82) is 0 Å². The van der Waals surface area contributed by atoms with Crippen LogP contribution in [0.3, 0.4) is 0 Å². The van der Waals surface area contributed by atoms with Crippen molar-refractivity contribution in [3.63, 3.8) is 0 Å². The van der Waals surface area contributed by atoms with E-state index in [4.69, 9.17) is 25.5 Å². The monoisotopic (exact) mass is 566 g/mol. The Hall–Kier alpha value is -4.11. The number of halogens is 1. The molecule has 10 heteroatoms. The number of carboxylic acid groups (broad SMARTS) is 1. The lowest BCUT2D eigenvalue weighted by molar-refractivity contribution is -0.137. The summed E-state index contributed by atoms with van der Waals surface area (Å²) in [5.41, 5.74) is 4.25. The summed E-state index contributed by atoms with van der Waals surface area (Å²) in [6.07, 6.45) is 2.16. The number of hydrogen-bond acceptors (Lipinski definition) is 6. The van der Waals surface area contributed by atoms with Crippen molar-refractivity contribution in [2.45, 2.75) is 58.9 Å². The second kappa shape index (κ2) is 12.4. The number of furan rings is 1. The highest BCUT2D eigenvalue weighted by atomic mass is 35.5. The summed E-state index contributed by atoms with van der Waals surface area (Å²) in [4.78, 5) is 49.6. The average Bonchev–Trinajstić information content (AvgIpc) is 3.28. The molecular formula is C30H31ClN2O7. The molecule has 2 aromatic heterocycles. The van der Waals surface area contributed by atoms with E-state index in [1.54, 1.807) is 30.5 Å². The van der Waals surface area contributed by atoms with Gasteiger partial charge in [-0.3, -0.25) is 14.4 Å². The number of benzene rings is 2. The highest BCUT2D eigenvalue weighted by Gasteiger charge is 2.23. The quantitative estimate of drug-likeness (QED) is 0.176. The van der Waals surface area contributed by atoms with Gasteiger partial charge < -0.3 is 24.6 Å². The zero-order chi connectivity index (χ0) is 29.0. The van der Waals surface area contributed by atoms with Crippen LogP contribution in [0.5, 0.6) is 0 Å². The van der Waals surface area contributed by atoms with E-state index in [1.165, 1.54) is 0 Å². The number of fused-ring (bicyclic) bond motifs is 2. The second-order valence-electron chi connectivity index (χ2n) is 9.91. The van der Waals surface area contributed by atoms with Crippen LogP contribution in [-0.2, 0) is 27.2 Å². The van der Waals surface area contributed by atoms with Gasteiger partial charge in [0.2, 0.25) is 11.8 Å². The molecule has 2 heterocycles. The first kappa shape index (κ1) is 28.9. The molecule has 0 bridgehead atoms. The van der Waals surface area contributed by atoms with Crippen molar-refractivity contribution in [2.24, 2.45) is 0 Å². The fraction of sp³-hybridized carbons (Fsp3) is 0.333. The molecule has 2 amide bonds. The molecule has 0 radical (unpaired) electrons. The Balaban J connectivity index is 1.50. The summed E-state index contributed by atoms with van der Waals surface area (Å²) in [6, 6.07) is 7.97. The fourth-order valence-electron chi connectivity index (χ4n) is 4.75. The Morgan fingerprint density at radius 1 is 1.00 bits per heavy atom. The van der Waals surface area contributed by atoms with Crippen molar-refractivity contribution in [2.75, 3.05) is 6.54 Å². The number of rotatable bonds is 11. The van der Waals surface area contributed by atoms with Crippen LogP contribution in [0.4, 0.5) is 0 Å². The predicted molar refractivity (Wildman–Crippen MR) is 152 cm³/mol. The molecule has 0 fully saturated rings. The third-order valence-electron chi connectivity index (χ3n) is 7.01. The van der Waals surface area contributed by atoms with Gasteiger partial charge in [0.25, 0.3) is 0 Å². The molecular weight excluding hydrogens is 536 g/mol. The van der Waals surface area contributed by atoms with E-state index in [0.717, 1.165) is 33.0 Å². The molecule has 40 heavy (non-hydrogen) atoms. The van der Waals surface area contributed by atoms with Crippen LogP contribution in [0, 0.1) is 20.8 Å². The lowest BCUT2D eigenvalue weighted by atomic mass is 9.98. The van der Waals surface area contributed by atoms with Crippen LogP contribution in [0.2, 0.25) is 5.02 Å². The number of aryl methyl sites for hydroxylation is 3. The molecule has 4 rings (SSSR count). The van der Waals surface area contributed by atoms with Crippen molar-refractivity contribution < 1.29 is 28.3 Å². The van der Waals surface area contributed by atoms with Crippen LogP contribution in [-0.4, -0.2) is 35.5 Å². The van der Waals surface area contributed by atoms with E-state index in [0.29, 0.717) is 21.8 Å². The van der Waals surface area contributed by atoms with Gasteiger partial charge in [0.1, 0.15) is 17.2 Å². The standard InChI is InChI=1S/C30H31ClN2O7/c1-16-15-39-27-18(3)28-23(14-22(16)27)17(2)21(30(38)40-28)10-11-25(34)33-24(13-19-6-8-20(31)9-7-19)29(37)32-12-4-5-26(35)36/h6-9,14-15,24H,4-5,10-13H2,1-3H3,(H,32,37)(H,33,34)(H,35,36)/t24-/m1/s1. The first-order valence-electron chi connectivity index (χ1n) is 13.0. The zero-order valence-electron chi connectivity index (χ0n) is 22.6. The number of carboxylic acids is 1. The molecule has 2 aromatic carbocycles. The van der Waals surface area contributed by atoms with Crippen LogP contribution in [0.25, 0.3) is 21.9 Å². The molecule has 0 saturated carbocycles. The zero-order valence-corrected chi connectivity index (χ0v) is 23.3. The summed E-state index contributed by atoms with van der Waals surface area (Å²) < 4.78 is 11.3. The van der Waals surface area contributed by atoms with Gasteiger partial charge in [0.05, 0.1) is 6.26 Å². The Kier molecular flexibility index (Phi) is 8.94. The van der Waals surface area contributed by atoms with Crippen molar-refractivity contribution in [3.8, 4) is 0 Å². The van der Waals surface area contributed by atoms with Gasteiger partial charge in [0, 0.05) is 52.7 Å². The molecule has 0 unspecified atom stereocenters. The van der Waals surface area contributed by atoms with Gasteiger partial charge in [0.15, 0.2) is 0 Å². The Labute approximate surface area is 235 Å². The van der Waals surface area contributed by atoms with Crippen LogP contribution in [0.15, 0.2) is 50.2 Å². The summed E-state index contributed by atoms with van der Waals surface area (Å²) in [5.74, 6) is -1.78. The third-order valence-corrected chi connectivity index (χ3v) is 7.26. The Morgan fingerprint density at radius 3 is 2.42 bits per heavy atom. The minimum Gasteiger partial charge on any atom is -0.481 e. The number of amides is 2. The third kappa shape index (κ3) is 6.54. The van der Waals surface area contributed by atoms with Gasteiger partial charge >= 0.3 is 11.6 Å². The lowest BCUT2D eigenvalue weighted by Crippen LogP contribution is -2.48. The number of aliphatic carboxylic acids is 1. The molecule has 0 aliphatic heterocycles. The Bertz CT molecular complexity index is 1640. The average molecular weight is 567 g/mol. The summed E-state index contributed by atoms with van der Waals surface area (Å²) >= 11 is 5.97. The van der Waals surface area contributed by atoms with Crippen LogP contribution >= 0.6 is 11.6 Å². The number of hydrogen-bond donors (Lipinski definition) is 3. The molecule has 0 saturated heterocycles. The van der Waals surface area contributed by atoms with Gasteiger partial charge in [-0.15, -0.1) is 0 Å². The predicted octanol–water partition coefficient (Wildman–Crippen LogP) is 4.76. The highest BCUT2D eigenvalue weighted by molar-refractivity contribution is 6.30. The molecule has 3 N–H and O–H groups in total. The molecule has 210 valence electrons. The largest absolute Gasteiger partial charge is 0.481 e. The van der Waals surface area contributed by atoms with E-state index in [1.807, 2.05) is 26.8 Å². The maximum absolute atomic E-state index is 13.0. The smallest absolute Gasteiger partial charge is 0.339 e. The number of carbonyl (C=O) groups excluding carboxylic acids is 2. The van der Waals surface area contributed by atoms with Crippen molar-refractivity contribution in [1.82, 2.24) is 10.6 Å². The SMILES string of the molecule is Cc1coc2c(C)c3oc(=O)c(CCC(=O)N[C@H](Cc4ccc(Cl)cc4)C(=O)NCCCC(=O)O)c(C)c3cc12. The minimum atomic E-state index is -0.951. The highest BCUT2D eigenvalue weighted by Crippen LogP contribution is 2.32. The fourth-order valence-corrected chi connectivity index (χ4v) is 4.88. The van der Waals surface area contributed by atoms with Crippen LogP contribution in [0.1, 0.15) is 47.1 Å². The van der Waals surface area contributed by atoms with E-state index < -0.39 is 29.5 Å². The number of nitrogens with one attached hydrogen (secondary N) is 2. The summed E-state index contributed by atoms with van der Waals surface area (Å²) in [7, 11) is 0. The topological polar surface area (TPSA) is 139 Å². The maximum Gasteiger partial charge on any atom is 0.339 e. The van der Waals surface area contributed by atoms with Crippen LogP contribution < -0.4 is 16.3 Å². The first-order chi connectivity index (χ1) is 19.0. The molecule has 1 atom stereocenters. The maximum atomic E-state index is 13.0. The molecule has 4 aromatic rings. The summed E-state index contributed by atoms with van der Waals surface area (Å²) in [5, 5.41) is 16.6. The van der Waals surface area contributed by atoms with E-state index >= 15 is 0 Å². The van der Waals surface area contributed by atoms with E-state index in [9.17, 15) is 19.2 Å². The van der Waals surface area contributed by atoms with Gasteiger partial charge in [-0.05, 0) is 68.5 Å². The molecule has 0 aliphatic rings. The normalized spacial score (nSPS) is 12.0. The molecule has 0 aliphatic carbocycles. The Morgan fingerprint density at radius 2 is 1.73 bits per heavy atom. The van der Waals surface area contributed by atoms with Crippen molar-refractivity contribution in [3.05, 3.63) is 79.9 Å². The first-order valence-corrected chi connectivity index (χ1v) is 13.4. The summed E-state index contributed by atoms with van der Waals surface area (Å²) in [6.45, 7) is 5.79. The van der Waals surface area contributed by atoms with Gasteiger partial charge in [-0.1, -0.05) is 23.7 Å². The molecule has 0 spiro atoms. The van der Waals surface area contributed by atoms with Gasteiger partial charge in [-0.25, -0.2) is 4.79 Å². The van der Waals surface area contributed by atoms with E-state index in [2.05, 4.69) is 10.6 Å².